The van der Waals surface area contributed by atoms with Crippen LogP contribution in [0.3, 0.4) is 0 Å². The van der Waals surface area contributed by atoms with Crippen LogP contribution in [-0.2, 0) is 35.1 Å². The molecular weight excluding hydrogens is 841 g/mol. The number of ketones is 2. The van der Waals surface area contributed by atoms with E-state index in [1.54, 1.807) is 25.2 Å². The van der Waals surface area contributed by atoms with E-state index in [-0.39, 0.29) is 59.7 Å². The Hall–Kier alpha value is -4.97. The van der Waals surface area contributed by atoms with Crippen molar-refractivity contribution in [1.82, 2.24) is 10.6 Å². The van der Waals surface area contributed by atoms with Gasteiger partial charge in [0, 0.05) is 41.4 Å². The normalized spacial score (nSPS) is 35.1. The average Bonchev–Trinajstić information content (AvgIpc) is 3.39. The molecule has 3 aliphatic carbocycles. The van der Waals surface area contributed by atoms with Gasteiger partial charge in [0.05, 0.1) is 17.8 Å². The molecule has 4 bridgehead atoms. The highest BCUT2D eigenvalue weighted by molar-refractivity contribution is 6.19. The van der Waals surface area contributed by atoms with E-state index in [1.165, 1.54) is 0 Å². The van der Waals surface area contributed by atoms with Crippen molar-refractivity contribution in [3.05, 3.63) is 69.4 Å². The molecule has 1 aromatic carbocycles. The lowest BCUT2D eigenvalue weighted by Gasteiger charge is -2.56. The van der Waals surface area contributed by atoms with Gasteiger partial charge in [0.15, 0.2) is 22.8 Å². The van der Waals surface area contributed by atoms with Crippen LogP contribution in [0.15, 0.2) is 52.7 Å². The number of rotatable bonds is 12. The molecule has 16 nitrogen and oxygen atoms in total. The Kier molecular flexibility index (Phi) is 12.0. The molecule has 1 saturated carbocycles. The highest BCUT2D eigenvalue weighted by Gasteiger charge is 2.81. The molecule has 350 valence electrons. The van der Waals surface area contributed by atoms with E-state index < -0.39 is 101 Å². The maximum Gasteiger partial charge on any atom is 0.249 e. The quantitative estimate of drug-likeness (QED) is 0.100. The minimum absolute atomic E-state index is 0.0427. The second-order valence-electron chi connectivity index (χ2n) is 19.7. The molecule has 4 fully saturated rings. The number of nitrogens with one attached hydrogen (secondary N) is 2. The average molecular weight is 901 g/mol. The molecule has 9 rings (SSSR count). The van der Waals surface area contributed by atoms with Crippen LogP contribution in [0, 0.1) is 11.8 Å². The zero-order valence-corrected chi connectivity index (χ0v) is 38.1. The van der Waals surface area contributed by atoms with E-state index in [2.05, 4.69) is 16.7 Å². The smallest absolute Gasteiger partial charge is 0.249 e. The van der Waals surface area contributed by atoms with Crippen LogP contribution >= 0.6 is 0 Å². The van der Waals surface area contributed by atoms with Crippen LogP contribution in [-0.4, -0.2) is 115 Å². The van der Waals surface area contributed by atoms with Gasteiger partial charge in [-0.25, -0.2) is 0 Å². The van der Waals surface area contributed by atoms with Crippen molar-refractivity contribution in [2.45, 2.75) is 159 Å². The topological polar surface area (TPSA) is 236 Å². The number of imide groups is 1. The number of carbonyl (C=O) groups is 5. The van der Waals surface area contributed by atoms with Crippen molar-refractivity contribution < 1.29 is 68.1 Å². The number of Topliss-reactive ketones (excluding diaryl/α,β-unsaturated/α-hetero) is 2. The first kappa shape index (κ1) is 46.6. The van der Waals surface area contributed by atoms with Crippen LogP contribution in [0.1, 0.15) is 115 Å². The van der Waals surface area contributed by atoms with E-state index in [0.29, 0.717) is 36.1 Å². The van der Waals surface area contributed by atoms with Gasteiger partial charge in [0.2, 0.25) is 24.0 Å². The number of amides is 3. The molecule has 1 spiro atoms. The first-order chi connectivity index (χ1) is 30.6. The molecule has 65 heavy (non-hydrogen) atoms. The van der Waals surface area contributed by atoms with Gasteiger partial charge in [0.1, 0.15) is 58.9 Å². The summed E-state index contributed by atoms with van der Waals surface area (Å²) in [6.45, 7) is 14.4. The summed E-state index contributed by atoms with van der Waals surface area (Å²) in [7, 11) is 0. The van der Waals surface area contributed by atoms with Gasteiger partial charge in [0.25, 0.3) is 0 Å². The fraction of sp³-hybridized carbons (Fsp3) is 0.571. The summed E-state index contributed by atoms with van der Waals surface area (Å²) in [5, 5.41) is 47.7. The zero-order chi connectivity index (χ0) is 47.1. The van der Waals surface area contributed by atoms with Crippen LogP contribution in [0.2, 0.25) is 0 Å². The van der Waals surface area contributed by atoms with Crippen LogP contribution < -0.4 is 24.8 Å². The number of hydrogen-bond acceptors (Lipinski definition) is 14. The van der Waals surface area contributed by atoms with Gasteiger partial charge in [-0.2, -0.15) is 0 Å². The zero-order valence-electron chi connectivity index (χ0n) is 38.1. The Morgan fingerprint density at radius 2 is 1.68 bits per heavy atom. The number of fused-ring (bicyclic) bond motifs is 2. The molecular formula is C49H60N2O14. The summed E-state index contributed by atoms with van der Waals surface area (Å²) in [6.07, 6.45) is 4.46. The first-order valence-electron chi connectivity index (χ1n) is 22.4. The number of ether oxygens (including phenoxy) is 5. The van der Waals surface area contributed by atoms with Crippen molar-refractivity contribution in [1.29, 1.82) is 0 Å². The number of hydrogen-bond donors (Lipinski definition) is 6. The molecule has 0 radical (unpaired) electrons. The first-order valence-corrected chi connectivity index (χ1v) is 22.4. The third-order valence-corrected chi connectivity index (χ3v) is 14.1. The van der Waals surface area contributed by atoms with E-state index in [4.69, 9.17) is 23.7 Å². The Balaban J connectivity index is 1.30. The van der Waals surface area contributed by atoms with E-state index in [9.17, 15) is 39.6 Å². The minimum atomic E-state index is -1.82. The third-order valence-electron chi connectivity index (χ3n) is 14.1. The van der Waals surface area contributed by atoms with Gasteiger partial charge < -0.3 is 49.4 Å². The number of benzene rings is 1. The number of carbonyl (C=O) groups excluding carboxylic acids is 5. The van der Waals surface area contributed by atoms with Crippen molar-refractivity contribution >= 4 is 35.4 Å². The number of aliphatic hydroxyl groups is 4. The van der Waals surface area contributed by atoms with Crippen LogP contribution in [0.5, 0.6) is 17.2 Å². The third kappa shape index (κ3) is 7.59. The largest absolute Gasteiger partial charge is 0.482 e. The second kappa shape index (κ2) is 16.7. The molecule has 0 aromatic heterocycles. The fourth-order valence-corrected chi connectivity index (χ4v) is 10.7. The molecule has 1 aromatic rings. The molecule has 3 saturated heterocycles. The van der Waals surface area contributed by atoms with Crippen molar-refractivity contribution in [3.8, 4) is 17.2 Å². The predicted octanol–water partition coefficient (Wildman–Crippen LogP) is 3.55. The van der Waals surface area contributed by atoms with Crippen molar-refractivity contribution in [2.75, 3.05) is 6.61 Å². The molecule has 11 atom stereocenters. The lowest BCUT2D eigenvalue weighted by molar-refractivity contribution is -0.277. The molecule has 5 heterocycles. The Bertz CT molecular complexity index is 2380. The standard InChI is InChI=1S/C49H60N2O14/c1-23(2)10-9-17-47(8)18-16-28-39(63-47)27(12-11-24(3)4)41-34(40(28)62-45-38(57)37(56)36(55)31(22-52)61-45)35(54)29-20-26-21-32-46(6,7)65-48(42(26)58,49(29,32)64-41)19-15-25(5)43(59)50-30-13-14-33(53)51-44(30)60/h10-11,15-16,18,20,26,30-32,36-38,45,52,55-57H,9,12-14,17,19,21-22H2,1-8H3,(H,50,59)(H,51,53,60)/b25-15-/t26?,30?,31-,32?,36-,37+,38-,45+,47?,48?,49?/m1/s1. The van der Waals surface area contributed by atoms with Crippen LogP contribution in [0.4, 0.5) is 0 Å². The molecule has 8 aliphatic rings. The van der Waals surface area contributed by atoms with Gasteiger partial charge in [-0.05, 0) is 99.6 Å². The van der Waals surface area contributed by atoms with Crippen molar-refractivity contribution in [3.63, 3.8) is 0 Å². The van der Waals surface area contributed by atoms with Crippen LogP contribution in [0.25, 0.3) is 6.08 Å². The number of allylic oxidation sites excluding steroid dienone is 5. The highest BCUT2D eigenvalue weighted by atomic mass is 16.7. The van der Waals surface area contributed by atoms with E-state index in [0.717, 1.165) is 11.1 Å². The van der Waals surface area contributed by atoms with Gasteiger partial charge >= 0.3 is 0 Å². The summed E-state index contributed by atoms with van der Waals surface area (Å²) in [5.41, 5.74) is -2.24. The molecule has 3 amide bonds. The summed E-state index contributed by atoms with van der Waals surface area (Å²) >= 11 is 0. The Morgan fingerprint density at radius 1 is 0.954 bits per heavy atom. The molecule has 5 aliphatic heterocycles. The summed E-state index contributed by atoms with van der Waals surface area (Å²) in [5.74, 6) is -3.52. The maximum atomic E-state index is 15.8. The monoisotopic (exact) mass is 900 g/mol. The van der Waals surface area contributed by atoms with Gasteiger partial charge in [-0.3, -0.25) is 29.3 Å². The Labute approximate surface area is 377 Å². The van der Waals surface area contributed by atoms with E-state index in [1.807, 2.05) is 60.6 Å². The number of aliphatic hydroxyl groups excluding tert-OH is 4. The Morgan fingerprint density at radius 3 is 2.35 bits per heavy atom. The SMILES string of the molecule is CC(C)=CCCC1(C)C=Cc2c(c(CC=C(C)C)c3c(c2O[C@@H]2O[C@H](CO)[C@@H](O)[C@H](O)[C@H]2O)C(=O)C2=CC4CC5C(C)(C)OC(C/C=C(/C)C(=O)NC6CCC(=O)NC6=O)(C4=O)C25O3)O1. The highest BCUT2D eigenvalue weighted by Crippen LogP contribution is 2.69. The molecule has 6 unspecified atom stereocenters. The van der Waals surface area contributed by atoms with Crippen molar-refractivity contribution in [2.24, 2.45) is 11.8 Å². The van der Waals surface area contributed by atoms with E-state index >= 15 is 4.79 Å². The lowest BCUT2D eigenvalue weighted by Crippen LogP contribution is -2.72. The molecule has 6 N–H and O–H groups in total. The predicted molar refractivity (Wildman–Crippen MR) is 234 cm³/mol. The molecule has 16 heteroatoms. The second-order valence-corrected chi connectivity index (χ2v) is 19.7. The maximum absolute atomic E-state index is 15.8. The number of piperidine rings is 1. The van der Waals surface area contributed by atoms with Gasteiger partial charge in [-0.15, -0.1) is 0 Å². The summed E-state index contributed by atoms with van der Waals surface area (Å²) in [4.78, 5) is 68.6. The summed E-state index contributed by atoms with van der Waals surface area (Å²) < 4.78 is 33.7. The minimum Gasteiger partial charge on any atom is -0.482 e. The van der Waals surface area contributed by atoms with Gasteiger partial charge in [-0.1, -0.05) is 35.5 Å². The lowest BCUT2D eigenvalue weighted by atomic mass is 9.51. The summed E-state index contributed by atoms with van der Waals surface area (Å²) in [6, 6.07) is -0.931. The fourth-order valence-electron chi connectivity index (χ4n) is 10.7.